The molecule has 1 heterocycles. The lowest BCUT2D eigenvalue weighted by atomic mass is 10.1. The van der Waals surface area contributed by atoms with Gasteiger partial charge in [0.25, 0.3) is 0 Å². The molecule has 0 aliphatic heterocycles. The highest BCUT2D eigenvalue weighted by atomic mass is 35.5. The van der Waals surface area contributed by atoms with E-state index in [4.69, 9.17) is 16.9 Å². The highest BCUT2D eigenvalue weighted by Crippen LogP contribution is 2.26. The van der Waals surface area contributed by atoms with Crippen LogP contribution in [0.2, 0.25) is 5.02 Å². The summed E-state index contributed by atoms with van der Waals surface area (Å²) in [7, 11) is 0. The third-order valence-electron chi connectivity index (χ3n) is 1.91. The van der Waals surface area contributed by atoms with E-state index in [-0.39, 0.29) is 5.02 Å². The minimum absolute atomic E-state index is 0.268. The van der Waals surface area contributed by atoms with Crippen LogP contribution in [0.5, 0.6) is 0 Å². The zero-order chi connectivity index (χ0) is 10.1. The molecule has 0 radical (unpaired) electrons. The van der Waals surface area contributed by atoms with Crippen LogP contribution in [0.25, 0.3) is 10.8 Å². The fourth-order valence-electron chi connectivity index (χ4n) is 1.28. The largest absolute Gasteiger partial charge is 0.263 e. The van der Waals surface area contributed by atoms with Crippen molar-refractivity contribution in [2.75, 3.05) is 0 Å². The molecular formula is C10H4ClFN2. The lowest BCUT2D eigenvalue weighted by Crippen LogP contribution is -1.85. The molecule has 2 rings (SSSR count). The highest BCUT2D eigenvalue weighted by molar-refractivity contribution is 6.35. The minimum Gasteiger partial charge on any atom is -0.263 e. The van der Waals surface area contributed by atoms with Crippen molar-refractivity contribution in [3.05, 3.63) is 40.9 Å². The summed E-state index contributed by atoms with van der Waals surface area (Å²) < 4.78 is 13.0. The Morgan fingerprint density at radius 2 is 2.07 bits per heavy atom. The first-order chi connectivity index (χ1) is 6.72. The van der Waals surface area contributed by atoms with Gasteiger partial charge in [-0.1, -0.05) is 11.6 Å². The first kappa shape index (κ1) is 8.92. The molecule has 0 saturated heterocycles. The van der Waals surface area contributed by atoms with Crippen LogP contribution >= 0.6 is 11.6 Å². The van der Waals surface area contributed by atoms with Crippen molar-refractivity contribution in [3.8, 4) is 6.07 Å². The maximum Gasteiger partial charge on any atom is 0.125 e. The Balaban J connectivity index is 2.95. The maximum atomic E-state index is 13.0. The number of nitrogens with zero attached hydrogens (tertiary/aromatic N) is 2. The van der Waals surface area contributed by atoms with E-state index in [0.717, 1.165) is 0 Å². The van der Waals surface area contributed by atoms with E-state index in [1.807, 2.05) is 6.07 Å². The summed E-state index contributed by atoms with van der Waals surface area (Å²) in [5.74, 6) is -0.454. The van der Waals surface area contributed by atoms with E-state index in [0.29, 0.717) is 16.3 Å². The molecule has 0 amide bonds. The van der Waals surface area contributed by atoms with Crippen molar-refractivity contribution >= 4 is 22.4 Å². The second kappa shape index (κ2) is 3.24. The normalized spacial score (nSPS) is 10.1. The molecule has 4 heteroatoms. The molecular weight excluding hydrogens is 203 g/mol. The molecule has 68 valence electrons. The van der Waals surface area contributed by atoms with Gasteiger partial charge in [-0.15, -0.1) is 0 Å². The molecule has 0 N–H and O–H groups in total. The Labute approximate surface area is 84.6 Å². The van der Waals surface area contributed by atoms with Crippen LogP contribution in [-0.4, -0.2) is 4.98 Å². The summed E-state index contributed by atoms with van der Waals surface area (Å²) in [6.07, 6.45) is 2.90. The predicted octanol–water partition coefficient (Wildman–Crippen LogP) is 2.90. The third kappa shape index (κ3) is 1.30. The zero-order valence-corrected chi connectivity index (χ0v) is 7.72. The fraction of sp³-hybridized carbons (Fsp3) is 0. The monoisotopic (exact) mass is 206 g/mol. The summed E-state index contributed by atoms with van der Waals surface area (Å²) in [5, 5.41) is 10.1. The van der Waals surface area contributed by atoms with Gasteiger partial charge in [-0.3, -0.25) is 4.98 Å². The Kier molecular flexibility index (Phi) is 2.06. The van der Waals surface area contributed by atoms with Gasteiger partial charge in [-0.05, 0) is 12.1 Å². The molecule has 1 aromatic carbocycles. The van der Waals surface area contributed by atoms with Crippen LogP contribution in [0.3, 0.4) is 0 Å². The molecule has 0 aliphatic carbocycles. The lowest BCUT2D eigenvalue weighted by molar-refractivity contribution is 0.630. The van der Waals surface area contributed by atoms with Crippen LogP contribution in [0, 0.1) is 17.1 Å². The average Bonchev–Trinajstić information content (AvgIpc) is 2.17. The van der Waals surface area contributed by atoms with Crippen molar-refractivity contribution in [1.82, 2.24) is 4.98 Å². The van der Waals surface area contributed by atoms with E-state index < -0.39 is 5.82 Å². The van der Waals surface area contributed by atoms with Crippen LogP contribution in [0.4, 0.5) is 4.39 Å². The summed E-state index contributed by atoms with van der Waals surface area (Å²) in [6, 6.07) is 4.42. The quantitative estimate of drug-likeness (QED) is 0.665. The van der Waals surface area contributed by atoms with Gasteiger partial charge in [0.2, 0.25) is 0 Å². The van der Waals surface area contributed by atoms with Gasteiger partial charge in [-0.2, -0.15) is 5.26 Å². The number of pyridine rings is 1. The number of hydrogen-bond donors (Lipinski definition) is 0. The van der Waals surface area contributed by atoms with Crippen LogP contribution in [0.15, 0.2) is 24.5 Å². The van der Waals surface area contributed by atoms with Gasteiger partial charge in [0.1, 0.15) is 11.9 Å². The first-order valence-corrected chi connectivity index (χ1v) is 4.23. The maximum absolute atomic E-state index is 13.0. The second-order valence-electron chi connectivity index (χ2n) is 2.78. The number of rotatable bonds is 0. The average molecular weight is 207 g/mol. The molecule has 0 spiro atoms. The second-order valence-corrected chi connectivity index (χ2v) is 3.19. The summed E-state index contributed by atoms with van der Waals surface area (Å²) in [6.45, 7) is 0. The lowest BCUT2D eigenvalue weighted by Gasteiger charge is -2.01. The van der Waals surface area contributed by atoms with Crippen molar-refractivity contribution in [2.24, 2.45) is 0 Å². The number of halogens is 2. The Morgan fingerprint density at radius 1 is 1.29 bits per heavy atom. The SMILES string of the molecule is N#Cc1cncc2c(Cl)cc(F)cc12. The highest BCUT2D eigenvalue weighted by Gasteiger charge is 2.06. The Bertz CT molecular complexity index is 546. The van der Waals surface area contributed by atoms with Crippen molar-refractivity contribution in [2.45, 2.75) is 0 Å². The van der Waals surface area contributed by atoms with E-state index in [9.17, 15) is 4.39 Å². The molecule has 0 aliphatic rings. The number of hydrogen-bond acceptors (Lipinski definition) is 2. The molecule has 0 bridgehead atoms. The number of fused-ring (bicyclic) bond motifs is 1. The molecule has 0 atom stereocenters. The van der Waals surface area contributed by atoms with E-state index in [1.165, 1.54) is 24.5 Å². The predicted molar refractivity (Wildman–Crippen MR) is 51.4 cm³/mol. The number of aromatic nitrogens is 1. The van der Waals surface area contributed by atoms with Gasteiger partial charge in [0, 0.05) is 23.2 Å². The molecule has 0 unspecified atom stereocenters. The van der Waals surface area contributed by atoms with E-state index in [2.05, 4.69) is 4.98 Å². The zero-order valence-electron chi connectivity index (χ0n) is 6.96. The van der Waals surface area contributed by atoms with Gasteiger partial charge in [-0.25, -0.2) is 4.39 Å². The molecule has 0 fully saturated rings. The van der Waals surface area contributed by atoms with Crippen LogP contribution < -0.4 is 0 Å². The van der Waals surface area contributed by atoms with Crippen LogP contribution in [-0.2, 0) is 0 Å². The fourth-order valence-corrected chi connectivity index (χ4v) is 1.54. The van der Waals surface area contributed by atoms with Gasteiger partial charge in [0.15, 0.2) is 0 Å². The Morgan fingerprint density at radius 3 is 2.79 bits per heavy atom. The first-order valence-electron chi connectivity index (χ1n) is 3.85. The van der Waals surface area contributed by atoms with Gasteiger partial charge < -0.3 is 0 Å². The molecule has 2 nitrogen and oxygen atoms in total. The third-order valence-corrected chi connectivity index (χ3v) is 2.22. The van der Waals surface area contributed by atoms with Gasteiger partial charge in [0.05, 0.1) is 10.6 Å². The van der Waals surface area contributed by atoms with Crippen molar-refractivity contribution in [3.63, 3.8) is 0 Å². The van der Waals surface area contributed by atoms with Gasteiger partial charge >= 0.3 is 0 Å². The topological polar surface area (TPSA) is 36.7 Å². The summed E-state index contributed by atoms with van der Waals surface area (Å²) in [4.78, 5) is 3.84. The van der Waals surface area contributed by atoms with E-state index in [1.54, 1.807) is 0 Å². The summed E-state index contributed by atoms with van der Waals surface area (Å²) in [5.41, 5.74) is 0.323. The summed E-state index contributed by atoms with van der Waals surface area (Å²) >= 11 is 5.80. The molecule has 14 heavy (non-hydrogen) atoms. The standard InChI is InChI=1S/C10H4ClFN2/c11-10-2-7(12)1-8-6(3-13)4-14-5-9(8)10/h1-2,4-5H. The molecule has 1 aromatic heterocycles. The molecule has 2 aromatic rings. The molecule has 0 saturated carbocycles. The van der Waals surface area contributed by atoms with Crippen molar-refractivity contribution in [1.29, 1.82) is 5.26 Å². The Hall–Kier alpha value is -1.66. The smallest absolute Gasteiger partial charge is 0.125 e. The minimum atomic E-state index is -0.454. The van der Waals surface area contributed by atoms with Crippen molar-refractivity contribution < 1.29 is 4.39 Å². The van der Waals surface area contributed by atoms with E-state index >= 15 is 0 Å². The number of nitriles is 1. The number of benzene rings is 1. The van der Waals surface area contributed by atoms with Crippen LogP contribution in [0.1, 0.15) is 5.56 Å².